The van der Waals surface area contributed by atoms with E-state index in [4.69, 9.17) is 0 Å². The van der Waals surface area contributed by atoms with E-state index < -0.39 is 9.21 Å². The molecule has 1 nitrogen and oxygen atoms in total. The zero-order valence-electron chi connectivity index (χ0n) is 11.0. The second kappa shape index (κ2) is 5.80. The van der Waals surface area contributed by atoms with Crippen LogP contribution < -0.4 is 0 Å². The van der Waals surface area contributed by atoms with E-state index in [1.807, 2.05) is 0 Å². The zero-order chi connectivity index (χ0) is 12.2. The molecule has 0 amide bonds. The van der Waals surface area contributed by atoms with E-state index in [1.165, 1.54) is 24.3 Å². The molecule has 0 unspecified atom stereocenters. The van der Waals surface area contributed by atoms with E-state index in [9.17, 15) is 0 Å². The third-order valence-corrected chi connectivity index (χ3v) is 5.31. The summed E-state index contributed by atoms with van der Waals surface area (Å²) in [6.45, 7) is 5.17. The molecule has 1 aliphatic heterocycles. The van der Waals surface area contributed by atoms with Crippen molar-refractivity contribution in [2.24, 2.45) is 5.92 Å². The van der Waals surface area contributed by atoms with Gasteiger partial charge < -0.3 is 0 Å². The minimum atomic E-state index is -0.746. The highest BCUT2D eigenvalue weighted by molar-refractivity contribution is 8.27. The predicted molar refractivity (Wildman–Crippen MR) is 79.8 cm³/mol. The first-order chi connectivity index (χ1) is 7.41. The third-order valence-electron chi connectivity index (χ3n) is 3.11. The molecule has 1 aliphatic rings. The van der Waals surface area contributed by atoms with Crippen LogP contribution in [-0.4, -0.2) is 47.8 Å². The zero-order valence-corrected chi connectivity index (χ0v) is 11.8. The first-order valence-corrected chi connectivity index (χ1v) is 8.35. The van der Waals surface area contributed by atoms with Gasteiger partial charge in [0.15, 0.2) is 0 Å². The van der Waals surface area contributed by atoms with Gasteiger partial charge in [-0.15, -0.1) is 0 Å². The Kier molecular flexibility index (Phi) is 4.95. The van der Waals surface area contributed by atoms with Crippen molar-refractivity contribution in [2.75, 3.05) is 25.1 Å². The van der Waals surface area contributed by atoms with Crippen molar-refractivity contribution in [1.82, 2.24) is 4.90 Å². The third kappa shape index (κ3) is 4.63. The van der Waals surface area contributed by atoms with Gasteiger partial charge in [-0.05, 0) is 31.4 Å². The SMILES string of the molecule is C=S1(=C)CCC(N(C)CC#CC(C)C)CC1. The molecule has 1 saturated heterocycles. The van der Waals surface area contributed by atoms with Crippen molar-refractivity contribution >= 4 is 20.9 Å². The van der Waals surface area contributed by atoms with Crippen LogP contribution in [-0.2, 0) is 0 Å². The van der Waals surface area contributed by atoms with E-state index in [2.05, 4.69) is 49.4 Å². The van der Waals surface area contributed by atoms with Crippen molar-refractivity contribution in [3.63, 3.8) is 0 Å². The summed E-state index contributed by atoms with van der Waals surface area (Å²) in [5, 5.41) is 0. The number of nitrogens with zero attached hydrogens (tertiary/aromatic N) is 1. The van der Waals surface area contributed by atoms with Crippen molar-refractivity contribution < 1.29 is 0 Å². The molecule has 0 atom stereocenters. The fourth-order valence-electron chi connectivity index (χ4n) is 1.96. The average Bonchev–Trinajstić information content (AvgIpc) is 2.16. The number of rotatable bonds is 2. The Morgan fingerprint density at radius 3 is 2.38 bits per heavy atom. The molecule has 1 heterocycles. The summed E-state index contributed by atoms with van der Waals surface area (Å²) in [6, 6.07) is 0.700. The minimum Gasteiger partial charge on any atom is -0.292 e. The van der Waals surface area contributed by atoms with Crippen LogP contribution in [0.25, 0.3) is 0 Å². The van der Waals surface area contributed by atoms with E-state index in [0.717, 1.165) is 6.54 Å². The molecule has 0 radical (unpaired) electrons. The van der Waals surface area contributed by atoms with Crippen molar-refractivity contribution in [3.05, 3.63) is 0 Å². The molecule has 2 heteroatoms. The molecule has 1 rings (SSSR count). The maximum atomic E-state index is 4.23. The first-order valence-electron chi connectivity index (χ1n) is 6.04. The Hall–Kier alpha value is -0.390. The summed E-state index contributed by atoms with van der Waals surface area (Å²) in [4.78, 5) is 2.39. The summed E-state index contributed by atoms with van der Waals surface area (Å²) in [5.41, 5.74) is 0. The highest BCUT2D eigenvalue weighted by Crippen LogP contribution is 2.30. The summed E-state index contributed by atoms with van der Waals surface area (Å²) in [6.07, 6.45) is 2.50. The Morgan fingerprint density at radius 1 is 1.31 bits per heavy atom. The van der Waals surface area contributed by atoms with Crippen LogP contribution in [0.4, 0.5) is 0 Å². The molecule has 0 bridgehead atoms. The predicted octanol–water partition coefficient (Wildman–Crippen LogP) is 2.41. The number of hydrogen-bond acceptors (Lipinski definition) is 1. The van der Waals surface area contributed by atoms with E-state index in [0.29, 0.717) is 12.0 Å². The lowest BCUT2D eigenvalue weighted by atomic mass is 10.1. The number of hydrogen-bond donors (Lipinski definition) is 0. The van der Waals surface area contributed by atoms with Crippen LogP contribution in [0, 0.1) is 17.8 Å². The minimum absolute atomic E-state index is 0.483. The summed E-state index contributed by atoms with van der Waals surface area (Å²) < 4.78 is 0. The van der Waals surface area contributed by atoms with Crippen LogP contribution in [0.15, 0.2) is 0 Å². The second-order valence-corrected chi connectivity index (χ2v) is 8.52. The summed E-state index contributed by atoms with van der Waals surface area (Å²) in [5.74, 6) is 17.9. The standard InChI is InChI=1S/C14H25NS/c1-13(2)7-6-10-15(3)14-8-11-16(4,5)12-9-14/h13-14H,4-5,8-12H2,1-3H3. The molecule has 0 N–H and O–H groups in total. The van der Waals surface area contributed by atoms with Gasteiger partial charge >= 0.3 is 0 Å². The highest BCUT2D eigenvalue weighted by Gasteiger charge is 2.19. The van der Waals surface area contributed by atoms with Crippen molar-refractivity contribution in [1.29, 1.82) is 0 Å². The van der Waals surface area contributed by atoms with Crippen molar-refractivity contribution in [2.45, 2.75) is 32.7 Å². The second-order valence-electron chi connectivity index (χ2n) is 5.26. The van der Waals surface area contributed by atoms with Gasteiger partial charge in [0.25, 0.3) is 0 Å². The van der Waals surface area contributed by atoms with Crippen LogP contribution >= 0.6 is 9.21 Å². The topological polar surface area (TPSA) is 3.24 Å². The van der Waals surface area contributed by atoms with Gasteiger partial charge in [-0.3, -0.25) is 4.90 Å². The molecule has 0 spiro atoms. The van der Waals surface area contributed by atoms with Gasteiger partial charge in [0.05, 0.1) is 6.54 Å². The highest BCUT2D eigenvalue weighted by atomic mass is 32.2. The molecule has 0 aliphatic carbocycles. The molecule has 0 aromatic heterocycles. The molecule has 1 fully saturated rings. The van der Waals surface area contributed by atoms with Gasteiger partial charge in [-0.25, -0.2) is 9.21 Å². The fraction of sp³-hybridized carbons (Fsp3) is 0.714. The van der Waals surface area contributed by atoms with Gasteiger partial charge in [-0.1, -0.05) is 37.4 Å². The van der Waals surface area contributed by atoms with Crippen LogP contribution in [0.3, 0.4) is 0 Å². The Bertz CT molecular complexity index is 353. The van der Waals surface area contributed by atoms with Crippen molar-refractivity contribution in [3.8, 4) is 11.8 Å². The summed E-state index contributed by atoms with van der Waals surface area (Å²) >= 11 is 0. The Morgan fingerprint density at radius 2 is 1.88 bits per heavy atom. The molecule has 0 aromatic rings. The molecule has 0 saturated carbocycles. The monoisotopic (exact) mass is 239 g/mol. The quantitative estimate of drug-likeness (QED) is 0.528. The largest absolute Gasteiger partial charge is 0.292 e. The van der Waals surface area contributed by atoms with Crippen LogP contribution in [0.5, 0.6) is 0 Å². The lowest BCUT2D eigenvalue weighted by Crippen LogP contribution is -2.36. The molecular weight excluding hydrogens is 214 g/mol. The van der Waals surface area contributed by atoms with E-state index in [1.54, 1.807) is 0 Å². The first kappa shape index (κ1) is 13.7. The van der Waals surface area contributed by atoms with Gasteiger partial charge in [-0.2, -0.15) is 0 Å². The van der Waals surface area contributed by atoms with Gasteiger partial charge in [0.2, 0.25) is 0 Å². The lowest BCUT2D eigenvalue weighted by Gasteiger charge is -2.33. The average molecular weight is 239 g/mol. The molecule has 16 heavy (non-hydrogen) atoms. The van der Waals surface area contributed by atoms with Gasteiger partial charge in [0, 0.05) is 12.0 Å². The molecule has 0 aromatic carbocycles. The van der Waals surface area contributed by atoms with E-state index >= 15 is 0 Å². The fourth-order valence-corrected chi connectivity index (χ4v) is 3.71. The van der Waals surface area contributed by atoms with Gasteiger partial charge in [0.1, 0.15) is 0 Å². The van der Waals surface area contributed by atoms with Crippen LogP contribution in [0.2, 0.25) is 0 Å². The maximum absolute atomic E-state index is 4.23. The smallest absolute Gasteiger partial charge is 0.0601 e. The Labute approximate surface area is 102 Å². The molecule has 92 valence electrons. The van der Waals surface area contributed by atoms with E-state index in [-0.39, 0.29) is 0 Å². The maximum Gasteiger partial charge on any atom is 0.0601 e. The lowest BCUT2D eigenvalue weighted by molar-refractivity contribution is 0.255. The van der Waals surface area contributed by atoms with Crippen LogP contribution in [0.1, 0.15) is 26.7 Å². The summed E-state index contributed by atoms with van der Waals surface area (Å²) in [7, 11) is 1.44. The Balaban J connectivity index is 2.40. The normalized spacial score (nSPS) is 20.8. The molecular formula is C14H25NS.